The van der Waals surface area contributed by atoms with Crippen LogP contribution >= 0.6 is 22.9 Å². The van der Waals surface area contributed by atoms with Crippen molar-refractivity contribution >= 4 is 33.2 Å². The third kappa shape index (κ3) is 2.18. The number of benzene rings is 1. The fourth-order valence-corrected chi connectivity index (χ4v) is 3.00. The quantitative estimate of drug-likeness (QED) is 0.930. The van der Waals surface area contributed by atoms with Gasteiger partial charge in [0, 0.05) is 13.1 Å². The van der Waals surface area contributed by atoms with Gasteiger partial charge in [-0.3, -0.25) is 0 Å². The summed E-state index contributed by atoms with van der Waals surface area (Å²) in [6, 6.07) is 5.80. The molecule has 0 bridgehead atoms. The molecule has 2 heterocycles. The van der Waals surface area contributed by atoms with E-state index in [4.69, 9.17) is 16.3 Å². The molecular weight excluding hydrogens is 256 g/mol. The van der Waals surface area contributed by atoms with Crippen LogP contribution in [0.5, 0.6) is 0 Å². The third-order valence-corrected chi connectivity index (χ3v) is 4.46. The molecule has 2 aromatic rings. The second-order valence-electron chi connectivity index (χ2n) is 4.54. The first kappa shape index (κ1) is 11.4. The minimum absolute atomic E-state index is 0.0261. The molecule has 1 N–H and O–H groups in total. The SMILES string of the molecule is CC1(OCc2nc3cccc(Cl)c3s2)CNC1. The Morgan fingerprint density at radius 2 is 2.35 bits per heavy atom. The van der Waals surface area contributed by atoms with Crippen LogP contribution in [0.4, 0.5) is 0 Å². The average Bonchev–Trinajstić information content (AvgIpc) is 2.68. The van der Waals surface area contributed by atoms with Crippen LogP contribution in [0.15, 0.2) is 18.2 Å². The lowest BCUT2D eigenvalue weighted by molar-refractivity contribution is -0.0767. The molecule has 5 heteroatoms. The minimum Gasteiger partial charge on any atom is -0.365 e. The highest BCUT2D eigenvalue weighted by Gasteiger charge is 2.32. The number of rotatable bonds is 3. The number of fused-ring (bicyclic) bond motifs is 1. The Morgan fingerprint density at radius 3 is 3.00 bits per heavy atom. The van der Waals surface area contributed by atoms with Crippen molar-refractivity contribution in [2.45, 2.75) is 19.1 Å². The zero-order valence-electron chi connectivity index (χ0n) is 9.50. The van der Waals surface area contributed by atoms with Gasteiger partial charge in [0.25, 0.3) is 0 Å². The number of aromatic nitrogens is 1. The largest absolute Gasteiger partial charge is 0.365 e. The van der Waals surface area contributed by atoms with E-state index in [-0.39, 0.29) is 5.60 Å². The van der Waals surface area contributed by atoms with Gasteiger partial charge < -0.3 is 10.1 Å². The number of hydrogen-bond acceptors (Lipinski definition) is 4. The van der Waals surface area contributed by atoms with Crippen LogP contribution in [0.3, 0.4) is 0 Å². The topological polar surface area (TPSA) is 34.1 Å². The summed E-state index contributed by atoms with van der Waals surface area (Å²) in [7, 11) is 0. The molecule has 0 saturated carbocycles. The molecule has 0 unspecified atom stereocenters. The van der Waals surface area contributed by atoms with Crippen LogP contribution in [0.25, 0.3) is 10.2 Å². The monoisotopic (exact) mass is 268 g/mol. The Hall–Kier alpha value is -0.680. The van der Waals surface area contributed by atoms with E-state index in [2.05, 4.69) is 17.2 Å². The molecule has 1 aromatic carbocycles. The van der Waals surface area contributed by atoms with Gasteiger partial charge in [0.05, 0.1) is 27.4 Å². The number of nitrogens with one attached hydrogen (secondary N) is 1. The van der Waals surface area contributed by atoms with Crippen molar-refractivity contribution in [3.63, 3.8) is 0 Å². The Kier molecular flexibility index (Phi) is 2.83. The van der Waals surface area contributed by atoms with Crippen molar-refractivity contribution in [2.75, 3.05) is 13.1 Å². The first-order valence-electron chi connectivity index (χ1n) is 5.55. The Morgan fingerprint density at radius 1 is 1.53 bits per heavy atom. The number of halogens is 1. The maximum atomic E-state index is 6.12. The lowest BCUT2D eigenvalue weighted by atomic mass is 10.0. The number of hydrogen-bond donors (Lipinski definition) is 1. The van der Waals surface area contributed by atoms with Gasteiger partial charge in [-0.1, -0.05) is 17.7 Å². The summed E-state index contributed by atoms with van der Waals surface area (Å²) >= 11 is 7.73. The summed E-state index contributed by atoms with van der Waals surface area (Å²) in [4.78, 5) is 4.52. The number of nitrogens with zero attached hydrogens (tertiary/aromatic N) is 1. The van der Waals surface area contributed by atoms with Gasteiger partial charge in [-0.15, -0.1) is 11.3 Å². The Labute approximate surface area is 109 Å². The molecule has 1 aliphatic rings. The molecule has 17 heavy (non-hydrogen) atoms. The van der Waals surface area contributed by atoms with Gasteiger partial charge in [-0.25, -0.2) is 4.98 Å². The molecular formula is C12H13ClN2OS. The van der Waals surface area contributed by atoms with Gasteiger partial charge in [-0.2, -0.15) is 0 Å². The highest BCUT2D eigenvalue weighted by molar-refractivity contribution is 7.19. The molecule has 1 aromatic heterocycles. The number of thiazole rings is 1. The fraction of sp³-hybridized carbons (Fsp3) is 0.417. The fourth-order valence-electron chi connectivity index (χ4n) is 1.84. The molecule has 0 aliphatic carbocycles. The molecule has 0 radical (unpaired) electrons. The normalized spacial score (nSPS) is 18.2. The zero-order chi connectivity index (χ0) is 11.9. The van der Waals surface area contributed by atoms with Crippen molar-refractivity contribution < 1.29 is 4.74 Å². The summed E-state index contributed by atoms with van der Waals surface area (Å²) in [6.45, 7) is 4.51. The lowest BCUT2D eigenvalue weighted by Crippen LogP contribution is -2.58. The van der Waals surface area contributed by atoms with E-state index < -0.39 is 0 Å². The van der Waals surface area contributed by atoms with E-state index in [1.807, 2.05) is 18.2 Å². The zero-order valence-corrected chi connectivity index (χ0v) is 11.1. The minimum atomic E-state index is -0.0261. The summed E-state index contributed by atoms with van der Waals surface area (Å²) in [6.07, 6.45) is 0. The van der Waals surface area contributed by atoms with E-state index in [1.54, 1.807) is 11.3 Å². The van der Waals surface area contributed by atoms with Crippen molar-refractivity contribution in [3.05, 3.63) is 28.2 Å². The van der Waals surface area contributed by atoms with E-state index in [9.17, 15) is 0 Å². The summed E-state index contributed by atoms with van der Waals surface area (Å²) in [5.74, 6) is 0. The lowest BCUT2D eigenvalue weighted by Gasteiger charge is -2.38. The molecule has 1 aliphatic heterocycles. The molecule has 90 valence electrons. The predicted molar refractivity (Wildman–Crippen MR) is 70.7 cm³/mol. The highest BCUT2D eigenvalue weighted by atomic mass is 35.5. The van der Waals surface area contributed by atoms with Crippen LogP contribution in [-0.2, 0) is 11.3 Å². The van der Waals surface area contributed by atoms with Crippen molar-refractivity contribution in [1.29, 1.82) is 0 Å². The van der Waals surface area contributed by atoms with Crippen molar-refractivity contribution in [3.8, 4) is 0 Å². The summed E-state index contributed by atoms with van der Waals surface area (Å²) < 4.78 is 6.91. The molecule has 1 fully saturated rings. The second-order valence-corrected chi connectivity index (χ2v) is 6.03. The molecule has 0 spiro atoms. The summed E-state index contributed by atoms with van der Waals surface area (Å²) in [5, 5.41) is 4.96. The van der Waals surface area contributed by atoms with Crippen molar-refractivity contribution in [1.82, 2.24) is 10.3 Å². The smallest absolute Gasteiger partial charge is 0.120 e. The molecule has 0 amide bonds. The van der Waals surface area contributed by atoms with Crippen LogP contribution in [0, 0.1) is 0 Å². The molecule has 0 atom stereocenters. The van der Waals surface area contributed by atoms with Crippen LogP contribution < -0.4 is 5.32 Å². The maximum absolute atomic E-state index is 6.12. The number of ether oxygens (including phenoxy) is 1. The molecule has 3 rings (SSSR count). The Balaban J connectivity index is 1.79. The highest BCUT2D eigenvalue weighted by Crippen LogP contribution is 2.30. The second kappa shape index (κ2) is 4.21. The van der Waals surface area contributed by atoms with Gasteiger partial charge in [0.1, 0.15) is 5.01 Å². The predicted octanol–water partition coefficient (Wildman–Crippen LogP) is 2.83. The summed E-state index contributed by atoms with van der Waals surface area (Å²) in [5.41, 5.74) is 0.930. The third-order valence-electron chi connectivity index (χ3n) is 2.95. The molecule has 1 saturated heterocycles. The first-order chi connectivity index (χ1) is 8.16. The van der Waals surface area contributed by atoms with E-state index in [0.29, 0.717) is 6.61 Å². The molecule has 3 nitrogen and oxygen atoms in total. The van der Waals surface area contributed by atoms with Crippen LogP contribution in [0.2, 0.25) is 5.02 Å². The van der Waals surface area contributed by atoms with Gasteiger partial charge in [0.15, 0.2) is 0 Å². The van der Waals surface area contributed by atoms with E-state index in [1.165, 1.54) is 0 Å². The first-order valence-corrected chi connectivity index (χ1v) is 6.74. The van der Waals surface area contributed by atoms with Crippen LogP contribution in [0.1, 0.15) is 11.9 Å². The van der Waals surface area contributed by atoms with E-state index in [0.717, 1.165) is 33.3 Å². The van der Waals surface area contributed by atoms with E-state index >= 15 is 0 Å². The standard InChI is InChI=1S/C12H13ClN2OS/c1-12(6-14-7-12)16-5-10-15-9-4-2-3-8(13)11(9)17-10/h2-4,14H,5-7H2,1H3. The van der Waals surface area contributed by atoms with Gasteiger partial charge in [0.2, 0.25) is 0 Å². The maximum Gasteiger partial charge on any atom is 0.120 e. The average molecular weight is 269 g/mol. The van der Waals surface area contributed by atoms with Crippen molar-refractivity contribution in [2.24, 2.45) is 0 Å². The van der Waals surface area contributed by atoms with Gasteiger partial charge >= 0.3 is 0 Å². The van der Waals surface area contributed by atoms with Crippen LogP contribution in [-0.4, -0.2) is 23.7 Å². The Bertz CT molecular complexity index is 550. The van der Waals surface area contributed by atoms with Gasteiger partial charge in [-0.05, 0) is 19.1 Å².